The van der Waals surface area contributed by atoms with Gasteiger partial charge in [0.1, 0.15) is 5.75 Å². The van der Waals surface area contributed by atoms with Crippen molar-refractivity contribution in [2.24, 2.45) is 0 Å². The lowest BCUT2D eigenvalue weighted by Crippen LogP contribution is -2.25. The monoisotopic (exact) mass is 438 g/mol. The molecule has 1 aliphatic rings. The topological polar surface area (TPSA) is 97.5 Å². The van der Waals surface area contributed by atoms with Gasteiger partial charge in [-0.05, 0) is 60.5 Å². The van der Waals surface area contributed by atoms with E-state index in [1.807, 2.05) is 30.3 Å². The highest BCUT2D eigenvalue weighted by Crippen LogP contribution is 2.24. The number of hydrogen-bond donors (Lipinski definition) is 2. The van der Waals surface area contributed by atoms with Crippen LogP contribution in [0.1, 0.15) is 28.0 Å². The maximum absolute atomic E-state index is 11.7. The molecule has 3 aromatic rings. The number of carbonyl (C=O) groups excluding carboxylic acids is 3. The number of aryl methyl sites for hydroxylation is 1. The van der Waals surface area contributed by atoms with E-state index in [1.165, 1.54) is 7.11 Å². The van der Waals surface area contributed by atoms with Crippen LogP contribution in [0.3, 0.4) is 0 Å². The Morgan fingerprint density at radius 3 is 2.61 bits per heavy atom. The molecule has 1 saturated heterocycles. The maximum Gasteiger partial charge on any atom is 0.337 e. The molecular formula is C23H22N2O5S. The SMILES string of the molecule is COC(=O)c1ccc2cc(CCCOc3ccc(CC4SC(=O)NC4=O)cc3)[nH]c2c1. The second-order valence-electron chi connectivity index (χ2n) is 7.27. The van der Waals surface area contributed by atoms with Crippen LogP contribution in [0.25, 0.3) is 10.9 Å². The normalized spacial score (nSPS) is 15.8. The third kappa shape index (κ3) is 5.08. The highest BCUT2D eigenvalue weighted by molar-refractivity contribution is 8.15. The number of amides is 2. The molecule has 0 bridgehead atoms. The third-order valence-electron chi connectivity index (χ3n) is 5.07. The first-order chi connectivity index (χ1) is 15.0. The van der Waals surface area contributed by atoms with Crippen LogP contribution >= 0.6 is 11.8 Å². The summed E-state index contributed by atoms with van der Waals surface area (Å²) < 4.78 is 10.6. The fraction of sp³-hybridized carbons (Fsp3) is 0.261. The van der Waals surface area contributed by atoms with Gasteiger partial charge in [0.25, 0.3) is 5.24 Å². The minimum atomic E-state index is -0.362. The number of nitrogens with one attached hydrogen (secondary N) is 2. The Kier molecular flexibility index (Phi) is 6.27. The van der Waals surface area contributed by atoms with Gasteiger partial charge in [0.2, 0.25) is 5.91 Å². The number of aromatic amines is 1. The van der Waals surface area contributed by atoms with Crippen molar-refractivity contribution >= 4 is 39.8 Å². The smallest absolute Gasteiger partial charge is 0.337 e. The number of H-pyrrole nitrogens is 1. The number of fused-ring (bicyclic) bond motifs is 1. The summed E-state index contributed by atoms with van der Waals surface area (Å²) in [6.45, 7) is 0.567. The van der Waals surface area contributed by atoms with Crippen molar-refractivity contribution in [1.82, 2.24) is 10.3 Å². The summed E-state index contributed by atoms with van der Waals surface area (Å²) in [7, 11) is 1.37. The summed E-state index contributed by atoms with van der Waals surface area (Å²) in [6, 6.07) is 15.1. The molecule has 2 aromatic carbocycles. The number of methoxy groups -OCH3 is 1. The van der Waals surface area contributed by atoms with Crippen molar-refractivity contribution in [2.75, 3.05) is 13.7 Å². The van der Waals surface area contributed by atoms with Gasteiger partial charge < -0.3 is 14.5 Å². The Bertz CT molecular complexity index is 1120. The van der Waals surface area contributed by atoms with E-state index in [-0.39, 0.29) is 22.4 Å². The second kappa shape index (κ2) is 9.26. The average Bonchev–Trinajstić information content (AvgIpc) is 3.32. The number of thioether (sulfide) groups is 1. The molecule has 0 saturated carbocycles. The third-order valence-corrected chi connectivity index (χ3v) is 6.05. The second-order valence-corrected chi connectivity index (χ2v) is 8.45. The van der Waals surface area contributed by atoms with Crippen LogP contribution in [0.2, 0.25) is 0 Å². The number of carbonyl (C=O) groups is 3. The van der Waals surface area contributed by atoms with Crippen molar-refractivity contribution in [2.45, 2.75) is 24.5 Å². The van der Waals surface area contributed by atoms with Crippen LogP contribution in [-0.4, -0.2) is 41.1 Å². The van der Waals surface area contributed by atoms with Gasteiger partial charge in [0.05, 0.1) is 24.5 Å². The fourth-order valence-electron chi connectivity index (χ4n) is 3.48. The molecule has 2 heterocycles. The molecule has 1 atom stereocenters. The van der Waals surface area contributed by atoms with Crippen molar-refractivity contribution < 1.29 is 23.9 Å². The molecule has 1 fully saturated rings. The van der Waals surface area contributed by atoms with E-state index in [2.05, 4.69) is 16.4 Å². The first-order valence-electron chi connectivity index (χ1n) is 9.95. The number of esters is 1. The van der Waals surface area contributed by atoms with Gasteiger partial charge in [-0.15, -0.1) is 0 Å². The Labute approximate surface area is 183 Å². The molecule has 160 valence electrons. The zero-order valence-corrected chi connectivity index (χ0v) is 17.8. The number of ether oxygens (including phenoxy) is 2. The van der Waals surface area contributed by atoms with E-state index in [0.717, 1.165) is 52.5 Å². The van der Waals surface area contributed by atoms with Crippen LogP contribution in [0.4, 0.5) is 4.79 Å². The fourth-order valence-corrected chi connectivity index (χ4v) is 4.34. The number of hydrogen-bond acceptors (Lipinski definition) is 6. The Hall–Kier alpha value is -3.26. The molecule has 1 aromatic heterocycles. The van der Waals surface area contributed by atoms with Crippen LogP contribution in [0.15, 0.2) is 48.5 Å². The van der Waals surface area contributed by atoms with Crippen molar-refractivity contribution in [3.8, 4) is 5.75 Å². The number of imide groups is 1. The van der Waals surface area contributed by atoms with Crippen LogP contribution < -0.4 is 10.1 Å². The minimum Gasteiger partial charge on any atom is -0.494 e. The quantitative estimate of drug-likeness (QED) is 0.409. The molecule has 31 heavy (non-hydrogen) atoms. The highest BCUT2D eigenvalue weighted by Gasteiger charge is 2.31. The Morgan fingerprint density at radius 1 is 1.10 bits per heavy atom. The molecular weight excluding hydrogens is 416 g/mol. The van der Waals surface area contributed by atoms with Gasteiger partial charge in [-0.2, -0.15) is 0 Å². The lowest BCUT2D eigenvalue weighted by Gasteiger charge is -2.08. The predicted octanol–water partition coefficient (Wildman–Crippen LogP) is 3.86. The molecule has 8 heteroatoms. The summed E-state index contributed by atoms with van der Waals surface area (Å²) >= 11 is 1.04. The van der Waals surface area contributed by atoms with Crippen LogP contribution in [0, 0.1) is 0 Å². The Morgan fingerprint density at radius 2 is 1.90 bits per heavy atom. The molecule has 2 amide bonds. The molecule has 0 radical (unpaired) electrons. The van der Waals surface area contributed by atoms with E-state index in [0.29, 0.717) is 18.6 Å². The van der Waals surface area contributed by atoms with E-state index in [4.69, 9.17) is 9.47 Å². The van der Waals surface area contributed by atoms with Crippen LogP contribution in [0.5, 0.6) is 5.75 Å². The summed E-state index contributed by atoms with van der Waals surface area (Å²) in [5, 5.41) is 2.71. The molecule has 7 nitrogen and oxygen atoms in total. The standard InChI is InChI=1S/C23H22N2O5S/c1-29-22(27)16-7-6-15-12-17(24-19(15)13-16)3-2-10-30-18-8-4-14(5-9-18)11-20-21(26)25-23(28)31-20/h4-9,12-13,20,24H,2-3,10-11H2,1H3,(H,25,26,28). The van der Waals surface area contributed by atoms with E-state index >= 15 is 0 Å². The lowest BCUT2D eigenvalue weighted by molar-refractivity contribution is -0.118. The zero-order chi connectivity index (χ0) is 21.8. The molecule has 1 unspecified atom stereocenters. The van der Waals surface area contributed by atoms with Gasteiger partial charge in [0, 0.05) is 11.2 Å². The van der Waals surface area contributed by atoms with Crippen LogP contribution in [-0.2, 0) is 22.4 Å². The highest BCUT2D eigenvalue weighted by atomic mass is 32.2. The predicted molar refractivity (Wildman–Crippen MR) is 119 cm³/mol. The summed E-state index contributed by atoms with van der Waals surface area (Å²) in [4.78, 5) is 37.9. The first-order valence-corrected chi connectivity index (χ1v) is 10.8. The molecule has 0 aliphatic carbocycles. The molecule has 1 aliphatic heterocycles. The molecule has 0 spiro atoms. The van der Waals surface area contributed by atoms with E-state index < -0.39 is 0 Å². The first kappa shape index (κ1) is 21.0. The number of benzene rings is 2. The zero-order valence-electron chi connectivity index (χ0n) is 17.0. The number of rotatable bonds is 8. The van der Waals surface area contributed by atoms with Gasteiger partial charge in [-0.1, -0.05) is 30.0 Å². The van der Waals surface area contributed by atoms with E-state index in [9.17, 15) is 14.4 Å². The van der Waals surface area contributed by atoms with Crippen molar-refractivity contribution in [3.05, 3.63) is 65.4 Å². The summed E-state index contributed by atoms with van der Waals surface area (Å²) in [6.07, 6.45) is 2.17. The summed E-state index contributed by atoms with van der Waals surface area (Å²) in [5.41, 5.74) is 3.50. The largest absolute Gasteiger partial charge is 0.494 e. The van der Waals surface area contributed by atoms with Crippen molar-refractivity contribution in [3.63, 3.8) is 0 Å². The molecule has 4 rings (SSSR count). The lowest BCUT2D eigenvalue weighted by atomic mass is 10.1. The van der Waals surface area contributed by atoms with E-state index in [1.54, 1.807) is 12.1 Å². The van der Waals surface area contributed by atoms with Gasteiger partial charge in [-0.25, -0.2) is 4.79 Å². The number of aromatic nitrogens is 1. The molecule has 2 N–H and O–H groups in total. The average molecular weight is 439 g/mol. The maximum atomic E-state index is 11.7. The van der Waals surface area contributed by atoms with Crippen molar-refractivity contribution in [1.29, 1.82) is 0 Å². The minimum absolute atomic E-state index is 0.228. The van der Waals surface area contributed by atoms with Gasteiger partial charge in [0.15, 0.2) is 0 Å². The summed E-state index contributed by atoms with van der Waals surface area (Å²) in [5.74, 6) is 0.188. The Balaban J connectivity index is 1.25. The van der Waals surface area contributed by atoms with Gasteiger partial charge in [-0.3, -0.25) is 14.9 Å². The van der Waals surface area contributed by atoms with Gasteiger partial charge >= 0.3 is 5.97 Å².